The van der Waals surface area contributed by atoms with Crippen LogP contribution in [0.5, 0.6) is 11.5 Å². The first-order valence-electron chi connectivity index (χ1n) is 14.9. The number of amides is 3. The fourth-order valence-corrected chi connectivity index (χ4v) is 8.47. The van der Waals surface area contributed by atoms with Crippen LogP contribution in [-0.4, -0.2) is 120 Å². The molecule has 0 saturated carbocycles. The van der Waals surface area contributed by atoms with Crippen LogP contribution in [0.25, 0.3) is 0 Å². The number of nitrogens with two attached hydrogens (primary N) is 1. The van der Waals surface area contributed by atoms with Gasteiger partial charge in [0.05, 0.1) is 10.6 Å². The summed E-state index contributed by atoms with van der Waals surface area (Å²) in [5.74, 6) is -5.38. The quantitative estimate of drug-likeness (QED) is 0.0469. The number of phenols is 2. The van der Waals surface area contributed by atoms with Gasteiger partial charge in [0.1, 0.15) is 22.8 Å². The number of thiazole rings is 1. The first kappa shape index (κ1) is 37.0. The normalized spacial score (nSPS) is 20.1. The van der Waals surface area contributed by atoms with Gasteiger partial charge in [0.25, 0.3) is 17.7 Å². The highest BCUT2D eigenvalue weighted by atomic mass is 35.5. The number of benzene rings is 1. The third-order valence-electron chi connectivity index (χ3n) is 7.86. The molecule has 3 amide bonds. The first-order valence-corrected chi connectivity index (χ1v) is 18.4. The van der Waals surface area contributed by atoms with Crippen LogP contribution in [0.3, 0.4) is 0 Å². The number of oxime groups is 1. The van der Waals surface area contributed by atoms with Crippen molar-refractivity contribution in [2.75, 3.05) is 42.8 Å². The number of aliphatic carboxylic acids is 2. The van der Waals surface area contributed by atoms with Gasteiger partial charge in [-0.3, -0.25) is 19.3 Å². The Balaban J connectivity index is 1.21. The van der Waals surface area contributed by atoms with Crippen molar-refractivity contribution < 1.29 is 54.0 Å². The number of β-lactam (4-membered cyclic amide) rings is 1. The molecule has 1 aromatic carbocycles. The van der Waals surface area contributed by atoms with Crippen LogP contribution in [0, 0.1) is 5.92 Å². The minimum Gasteiger partial charge on any atom is -0.504 e. The molecule has 2 aromatic rings. The highest BCUT2D eigenvalue weighted by molar-refractivity contribution is 8.01. The van der Waals surface area contributed by atoms with E-state index >= 15 is 0 Å². The summed E-state index contributed by atoms with van der Waals surface area (Å²) < 4.78 is 5.29. The van der Waals surface area contributed by atoms with Gasteiger partial charge in [-0.1, -0.05) is 16.8 Å². The van der Waals surface area contributed by atoms with Crippen LogP contribution in [-0.2, 0) is 28.8 Å². The van der Waals surface area contributed by atoms with Gasteiger partial charge in [-0.15, -0.1) is 23.1 Å². The molecule has 17 nitrogen and oxygen atoms in total. The lowest BCUT2D eigenvalue weighted by Gasteiger charge is -2.49. The van der Waals surface area contributed by atoms with E-state index in [1.807, 2.05) is 0 Å². The van der Waals surface area contributed by atoms with E-state index in [9.17, 15) is 44.4 Å². The molecule has 0 radical (unpaired) electrons. The molecule has 268 valence electrons. The molecular weight excluding hydrogens is 740 g/mol. The third kappa shape index (κ3) is 8.04. The molecule has 8 N–H and O–H groups in total. The summed E-state index contributed by atoms with van der Waals surface area (Å²) in [5, 5.41) is 48.6. The van der Waals surface area contributed by atoms with Crippen molar-refractivity contribution in [3.8, 4) is 11.5 Å². The zero-order valence-electron chi connectivity index (χ0n) is 25.9. The van der Waals surface area contributed by atoms with Crippen molar-refractivity contribution in [2.45, 2.75) is 30.4 Å². The Morgan fingerprint density at radius 3 is 2.62 bits per heavy atom. The zero-order chi connectivity index (χ0) is 36.1. The van der Waals surface area contributed by atoms with Gasteiger partial charge >= 0.3 is 11.9 Å². The fourth-order valence-electron chi connectivity index (χ4n) is 5.32. The molecule has 3 aliphatic heterocycles. The summed E-state index contributed by atoms with van der Waals surface area (Å²) in [6, 6.07) is 1.28. The predicted molar refractivity (Wildman–Crippen MR) is 183 cm³/mol. The van der Waals surface area contributed by atoms with Crippen LogP contribution in [0.15, 0.2) is 33.9 Å². The van der Waals surface area contributed by atoms with Crippen molar-refractivity contribution in [1.29, 1.82) is 0 Å². The number of carboxylic acids is 2. The molecular formula is C29H31ClN6O11S3. The van der Waals surface area contributed by atoms with Gasteiger partial charge in [0.2, 0.25) is 6.10 Å². The Morgan fingerprint density at radius 2 is 1.96 bits per heavy atom. The average Bonchev–Trinajstić information content (AvgIpc) is 3.52. The lowest BCUT2D eigenvalue weighted by molar-refractivity contribution is -0.157. The molecule has 21 heteroatoms. The SMILES string of the molecule is Nc1nc(/C(=N/OC(C(=O)O)C2CCOCC2)C(=O)N[C@@H]2C(=O)N3C(C(=O)O)=C(CSCCNC(=O)c4ccc(O)c(O)c4Cl)CS[C@H]23)cs1. The smallest absolute Gasteiger partial charge is 0.352 e. The molecule has 3 aliphatic rings. The number of aromatic nitrogens is 1. The summed E-state index contributed by atoms with van der Waals surface area (Å²) >= 11 is 9.51. The van der Waals surface area contributed by atoms with Crippen molar-refractivity contribution in [3.63, 3.8) is 0 Å². The Morgan fingerprint density at radius 1 is 1.22 bits per heavy atom. The predicted octanol–water partition coefficient (Wildman–Crippen LogP) is 1.29. The Hall–Kier alpha value is -4.24. The van der Waals surface area contributed by atoms with Crippen LogP contribution in [0.1, 0.15) is 28.9 Å². The second-order valence-corrected chi connectivity index (χ2v) is 14.5. The number of thioether (sulfide) groups is 2. The molecule has 0 spiro atoms. The van der Waals surface area contributed by atoms with Gasteiger partial charge in [0, 0.05) is 48.3 Å². The standard InChI is InChI=1S/C29H31ClN6O11S3/c30-17-14(1-2-16(37)21(17)38)23(39)32-5-8-48-9-13-10-49-26-19(25(41)36(26)20(13)27(42)43)34-24(40)18(15-11-50-29(31)33-15)35-47-22(28(44)45)12-3-6-46-7-4-12/h1-2,11-12,19,22,26,37-38H,3-10H2,(H2,31,33)(H,32,39)(H,34,40)(H,42,43)(H,44,45)/b35-18-/t19-,22?,26-/m1/s1. The third-order valence-corrected chi connectivity index (χ3v) is 11.3. The zero-order valence-corrected chi connectivity index (χ0v) is 29.1. The van der Waals surface area contributed by atoms with Crippen molar-refractivity contribution in [2.24, 2.45) is 11.1 Å². The second-order valence-electron chi connectivity index (χ2n) is 11.0. The molecule has 4 heterocycles. The van der Waals surface area contributed by atoms with Crippen molar-refractivity contribution in [3.05, 3.63) is 45.1 Å². The van der Waals surface area contributed by atoms with Crippen LogP contribution in [0.4, 0.5) is 5.13 Å². The first-order chi connectivity index (χ1) is 23.9. The Labute approximate surface area is 301 Å². The molecule has 50 heavy (non-hydrogen) atoms. The number of carbonyl (C=O) groups is 5. The van der Waals surface area contributed by atoms with Crippen molar-refractivity contribution in [1.82, 2.24) is 20.5 Å². The van der Waals surface area contributed by atoms with E-state index in [-0.39, 0.29) is 45.2 Å². The molecule has 1 aromatic heterocycles. The molecule has 2 saturated heterocycles. The largest absolute Gasteiger partial charge is 0.504 e. The molecule has 1 unspecified atom stereocenters. The summed E-state index contributed by atoms with van der Waals surface area (Å²) in [6.07, 6.45) is -0.528. The number of hydrogen-bond donors (Lipinski definition) is 7. The monoisotopic (exact) mass is 770 g/mol. The number of hydrogen-bond acceptors (Lipinski definition) is 15. The minimum atomic E-state index is -1.37. The maximum absolute atomic E-state index is 13.5. The molecule has 5 rings (SSSR count). The fraction of sp³-hybridized carbons (Fsp3) is 0.414. The lowest BCUT2D eigenvalue weighted by atomic mass is 9.94. The highest BCUT2D eigenvalue weighted by Gasteiger charge is 2.54. The van der Waals surface area contributed by atoms with Crippen LogP contribution < -0.4 is 16.4 Å². The van der Waals surface area contributed by atoms with E-state index in [0.717, 1.165) is 22.3 Å². The van der Waals surface area contributed by atoms with Gasteiger partial charge < -0.3 is 46.4 Å². The molecule has 2 fully saturated rings. The number of phenolic OH excluding ortho intramolecular Hbond substituents is 2. The van der Waals surface area contributed by atoms with E-state index in [1.54, 1.807) is 0 Å². The van der Waals surface area contributed by atoms with Gasteiger partial charge in [-0.2, -0.15) is 11.8 Å². The molecule has 0 aliphatic carbocycles. The highest BCUT2D eigenvalue weighted by Crippen LogP contribution is 2.41. The lowest BCUT2D eigenvalue weighted by Crippen LogP contribution is -2.71. The number of carboxylic acid groups (broad SMARTS) is 2. The summed E-state index contributed by atoms with van der Waals surface area (Å²) in [5.41, 5.74) is 5.61. The van der Waals surface area contributed by atoms with Gasteiger partial charge in [-0.05, 0) is 30.5 Å². The number of nitrogens with one attached hydrogen (secondary N) is 2. The number of nitrogens with zero attached hydrogens (tertiary/aromatic N) is 3. The number of rotatable bonds is 14. The average molecular weight is 771 g/mol. The van der Waals surface area contributed by atoms with Crippen molar-refractivity contribution >= 4 is 87.0 Å². The summed E-state index contributed by atoms with van der Waals surface area (Å²) in [7, 11) is 0. The van der Waals surface area contributed by atoms with E-state index in [2.05, 4.69) is 20.8 Å². The summed E-state index contributed by atoms with van der Waals surface area (Å²) in [4.78, 5) is 74.0. The number of anilines is 1. The Bertz CT molecular complexity index is 1750. The molecule has 0 bridgehead atoms. The number of nitrogen functional groups attached to an aromatic ring is 1. The number of carbonyl (C=O) groups excluding carboxylic acids is 3. The van der Waals surface area contributed by atoms with Gasteiger partial charge in [0.15, 0.2) is 22.3 Å². The van der Waals surface area contributed by atoms with E-state index in [1.165, 1.54) is 35.0 Å². The van der Waals surface area contributed by atoms with Crippen LogP contribution >= 0.6 is 46.5 Å². The number of halogens is 1. The number of ether oxygens (including phenoxy) is 1. The molecule has 3 atom stereocenters. The van der Waals surface area contributed by atoms with Gasteiger partial charge in [-0.25, -0.2) is 14.6 Å². The van der Waals surface area contributed by atoms with Crippen LogP contribution in [0.2, 0.25) is 5.02 Å². The topological polar surface area (TPSA) is 263 Å². The summed E-state index contributed by atoms with van der Waals surface area (Å²) in [6.45, 7) is 0.879. The van der Waals surface area contributed by atoms with E-state index in [0.29, 0.717) is 37.4 Å². The second kappa shape index (κ2) is 16.2. The maximum Gasteiger partial charge on any atom is 0.352 e. The van der Waals surface area contributed by atoms with E-state index < -0.39 is 70.3 Å². The number of aromatic hydroxyl groups is 2. The Kier molecular flexibility index (Phi) is 12.0. The minimum absolute atomic E-state index is 0.00646. The van der Waals surface area contributed by atoms with E-state index in [4.69, 9.17) is 26.9 Å². The maximum atomic E-state index is 13.5. The number of fused-ring (bicyclic) bond motifs is 1.